The third-order valence-corrected chi connectivity index (χ3v) is 6.41. The molecule has 11 heteroatoms. The third kappa shape index (κ3) is 6.22. The number of carbonyl (C=O) groups excluding carboxylic acids is 1. The summed E-state index contributed by atoms with van der Waals surface area (Å²) in [5, 5.41) is 13.9. The van der Waals surface area contributed by atoms with Crippen LogP contribution in [0.1, 0.15) is 5.56 Å². The topological polar surface area (TPSA) is 99.9 Å². The Kier molecular flexibility index (Phi) is 8.65. The quantitative estimate of drug-likeness (QED) is 0.175. The van der Waals surface area contributed by atoms with Crippen LogP contribution in [-0.2, 0) is 4.79 Å². The number of halogens is 1. The van der Waals surface area contributed by atoms with Crippen molar-refractivity contribution < 1.29 is 19.0 Å². The lowest BCUT2D eigenvalue weighted by Gasteiger charge is -2.11. The van der Waals surface area contributed by atoms with Crippen LogP contribution in [0.4, 0.5) is 0 Å². The molecule has 0 aliphatic rings. The van der Waals surface area contributed by atoms with Gasteiger partial charge in [0, 0.05) is 21.8 Å². The summed E-state index contributed by atoms with van der Waals surface area (Å²) < 4.78 is 17.8. The number of amides is 1. The van der Waals surface area contributed by atoms with Gasteiger partial charge >= 0.3 is 0 Å². The lowest BCUT2D eigenvalue weighted by Crippen LogP contribution is -2.20. The molecule has 1 aromatic heterocycles. The van der Waals surface area contributed by atoms with E-state index in [1.54, 1.807) is 45.6 Å². The molecule has 4 aromatic rings. The van der Waals surface area contributed by atoms with E-state index in [2.05, 4.69) is 20.7 Å². The second-order valence-electron chi connectivity index (χ2n) is 7.51. The molecule has 1 N–H and O–H groups in total. The third-order valence-electron chi connectivity index (χ3n) is 5.23. The highest BCUT2D eigenvalue weighted by atomic mass is 35.5. The van der Waals surface area contributed by atoms with E-state index in [9.17, 15) is 4.79 Å². The largest absolute Gasteiger partial charge is 0.497 e. The molecule has 4 rings (SSSR count). The van der Waals surface area contributed by atoms with Crippen LogP contribution in [0.3, 0.4) is 0 Å². The maximum absolute atomic E-state index is 12.5. The summed E-state index contributed by atoms with van der Waals surface area (Å²) in [7, 11) is 4.71. The van der Waals surface area contributed by atoms with Crippen LogP contribution in [0, 0.1) is 0 Å². The molecular weight excluding hydrogens is 514 g/mol. The minimum Gasteiger partial charge on any atom is -0.497 e. The number of nitrogens with one attached hydrogen (secondary N) is 1. The monoisotopic (exact) mass is 537 g/mol. The van der Waals surface area contributed by atoms with Gasteiger partial charge in [-0.3, -0.25) is 9.36 Å². The van der Waals surface area contributed by atoms with Gasteiger partial charge in [0.1, 0.15) is 5.75 Å². The fourth-order valence-electron chi connectivity index (χ4n) is 3.46. The van der Waals surface area contributed by atoms with Crippen LogP contribution in [0.25, 0.3) is 17.1 Å². The molecule has 3 aromatic carbocycles. The van der Waals surface area contributed by atoms with Crippen molar-refractivity contribution in [2.75, 3.05) is 27.1 Å². The summed E-state index contributed by atoms with van der Waals surface area (Å²) in [6.07, 6.45) is 1.50. The van der Waals surface area contributed by atoms with Gasteiger partial charge in [-0.25, -0.2) is 5.43 Å². The van der Waals surface area contributed by atoms with Gasteiger partial charge in [-0.2, -0.15) is 5.10 Å². The molecule has 1 heterocycles. The number of nitrogens with zero attached hydrogens (tertiary/aromatic N) is 4. The van der Waals surface area contributed by atoms with Crippen LogP contribution in [0.15, 0.2) is 77.0 Å². The van der Waals surface area contributed by atoms with Gasteiger partial charge in [-0.1, -0.05) is 29.4 Å². The number of methoxy groups -OCH3 is 3. The number of hydrazone groups is 1. The molecule has 0 bridgehead atoms. The van der Waals surface area contributed by atoms with Crippen molar-refractivity contribution in [2.24, 2.45) is 5.10 Å². The van der Waals surface area contributed by atoms with E-state index in [0.717, 1.165) is 17.0 Å². The van der Waals surface area contributed by atoms with Crippen molar-refractivity contribution in [3.05, 3.63) is 77.3 Å². The SMILES string of the molecule is COc1ccc(-c2nnc(SCC(=O)N/N=C/c3cccc(OC)c3OC)n2-c2ccc(Cl)cc2)cc1. The van der Waals surface area contributed by atoms with Crippen molar-refractivity contribution >= 4 is 35.5 Å². The Balaban J connectivity index is 1.51. The summed E-state index contributed by atoms with van der Waals surface area (Å²) in [6, 6.07) is 20.2. The first kappa shape index (κ1) is 26.1. The van der Waals surface area contributed by atoms with Crippen LogP contribution < -0.4 is 19.6 Å². The summed E-state index contributed by atoms with van der Waals surface area (Å²) >= 11 is 7.33. The van der Waals surface area contributed by atoms with Crippen molar-refractivity contribution in [1.82, 2.24) is 20.2 Å². The highest BCUT2D eigenvalue weighted by Crippen LogP contribution is 2.30. The second kappa shape index (κ2) is 12.3. The van der Waals surface area contributed by atoms with E-state index in [-0.39, 0.29) is 11.7 Å². The molecule has 0 fully saturated rings. The first-order valence-corrected chi connectivity index (χ1v) is 12.4. The highest BCUT2D eigenvalue weighted by Gasteiger charge is 2.17. The minimum absolute atomic E-state index is 0.0704. The molecule has 0 aliphatic carbocycles. The number of aromatic nitrogens is 3. The maximum Gasteiger partial charge on any atom is 0.250 e. The number of rotatable bonds is 10. The van der Waals surface area contributed by atoms with Gasteiger partial charge in [0.15, 0.2) is 22.5 Å². The van der Waals surface area contributed by atoms with E-state index in [1.807, 2.05) is 47.0 Å². The predicted molar refractivity (Wildman–Crippen MR) is 144 cm³/mol. The highest BCUT2D eigenvalue weighted by molar-refractivity contribution is 7.99. The van der Waals surface area contributed by atoms with Gasteiger partial charge in [0.25, 0.3) is 5.91 Å². The van der Waals surface area contributed by atoms with Crippen molar-refractivity contribution in [3.63, 3.8) is 0 Å². The lowest BCUT2D eigenvalue weighted by molar-refractivity contribution is -0.118. The average molecular weight is 538 g/mol. The van der Waals surface area contributed by atoms with Gasteiger partial charge in [-0.05, 0) is 60.7 Å². The summed E-state index contributed by atoms with van der Waals surface area (Å²) in [6.45, 7) is 0. The molecule has 0 saturated heterocycles. The van der Waals surface area contributed by atoms with E-state index in [0.29, 0.717) is 33.1 Å². The molecule has 0 spiro atoms. The molecule has 1 amide bonds. The molecule has 0 unspecified atom stereocenters. The average Bonchev–Trinajstić information content (AvgIpc) is 3.36. The fourth-order valence-corrected chi connectivity index (χ4v) is 4.33. The first-order chi connectivity index (χ1) is 18.0. The Labute approximate surface area is 223 Å². The second-order valence-corrected chi connectivity index (χ2v) is 8.89. The fraction of sp³-hybridized carbons (Fsp3) is 0.154. The number of ether oxygens (including phenoxy) is 3. The van der Waals surface area contributed by atoms with E-state index in [1.165, 1.54) is 18.0 Å². The normalized spacial score (nSPS) is 10.9. The number of thioether (sulfide) groups is 1. The molecule has 0 radical (unpaired) electrons. The number of carbonyl (C=O) groups is 1. The Morgan fingerprint density at radius 3 is 2.43 bits per heavy atom. The Morgan fingerprint density at radius 2 is 1.76 bits per heavy atom. The molecule has 37 heavy (non-hydrogen) atoms. The van der Waals surface area contributed by atoms with Crippen molar-refractivity contribution in [2.45, 2.75) is 5.16 Å². The zero-order chi connectivity index (χ0) is 26.2. The smallest absolute Gasteiger partial charge is 0.250 e. The molecular formula is C26H24ClN5O4S. The summed E-state index contributed by atoms with van der Waals surface area (Å²) in [5.74, 6) is 2.22. The zero-order valence-electron chi connectivity index (χ0n) is 20.3. The van der Waals surface area contributed by atoms with Gasteiger partial charge in [0.2, 0.25) is 0 Å². The maximum atomic E-state index is 12.5. The number of para-hydroxylation sites is 1. The Hall–Kier alpha value is -4.02. The van der Waals surface area contributed by atoms with Crippen LogP contribution >= 0.6 is 23.4 Å². The molecule has 0 saturated carbocycles. The van der Waals surface area contributed by atoms with Crippen LogP contribution in [0.5, 0.6) is 17.2 Å². The number of hydrogen-bond donors (Lipinski definition) is 1. The van der Waals surface area contributed by atoms with E-state index in [4.69, 9.17) is 25.8 Å². The van der Waals surface area contributed by atoms with E-state index >= 15 is 0 Å². The molecule has 0 aliphatic heterocycles. The minimum atomic E-state index is -0.306. The van der Waals surface area contributed by atoms with Gasteiger partial charge < -0.3 is 14.2 Å². The van der Waals surface area contributed by atoms with Gasteiger partial charge in [-0.15, -0.1) is 10.2 Å². The number of benzene rings is 3. The van der Waals surface area contributed by atoms with Crippen LogP contribution in [0.2, 0.25) is 5.02 Å². The Bertz CT molecular complexity index is 1390. The van der Waals surface area contributed by atoms with Crippen molar-refractivity contribution in [3.8, 4) is 34.3 Å². The standard InChI is InChI=1S/C26H24ClN5O4S/c1-34-21-13-7-17(8-14-21)25-30-31-26(32(25)20-11-9-19(27)10-12-20)37-16-23(33)29-28-15-18-5-4-6-22(35-2)24(18)36-3/h4-15H,16H2,1-3H3,(H,29,33)/b28-15+. The summed E-state index contributed by atoms with van der Waals surface area (Å²) in [4.78, 5) is 12.5. The predicted octanol–water partition coefficient (Wildman–Crippen LogP) is 4.86. The Morgan fingerprint density at radius 1 is 1.00 bits per heavy atom. The first-order valence-electron chi connectivity index (χ1n) is 11.1. The molecule has 190 valence electrons. The van der Waals surface area contributed by atoms with Crippen LogP contribution in [-0.4, -0.2) is 54.0 Å². The molecule has 0 atom stereocenters. The lowest BCUT2D eigenvalue weighted by atomic mass is 10.2. The van der Waals surface area contributed by atoms with E-state index < -0.39 is 0 Å². The van der Waals surface area contributed by atoms with Crippen molar-refractivity contribution in [1.29, 1.82) is 0 Å². The van der Waals surface area contributed by atoms with Gasteiger partial charge in [0.05, 0.1) is 33.3 Å². The zero-order valence-corrected chi connectivity index (χ0v) is 21.9. The number of hydrogen-bond acceptors (Lipinski definition) is 8. The molecule has 9 nitrogen and oxygen atoms in total. The summed E-state index contributed by atoms with van der Waals surface area (Å²) in [5.41, 5.74) is 4.86.